The van der Waals surface area contributed by atoms with Gasteiger partial charge in [-0.1, -0.05) is 35.9 Å². The smallest absolute Gasteiger partial charge is 0.179 e. The Kier molecular flexibility index (Phi) is 5.58. The summed E-state index contributed by atoms with van der Waals surface area (Å²) in [7, 11) is -3.55. The topological polar surface area (TPSA) is 105 Å². The molecule has 1 aromatic heterocycles. The zero-order valence-electron chi connectivity index (χ0n) is 16.6. The Morgan fingerprint density at radius 2 is 1.71 bits per heavy atom. The highest BCUT2D eigenvalue weighted by Crippen LogP contribution is 2.36. The molecule has 4 aromatic rings. The van der Waals surface area contributed by atoms with Crippen molar-refractivity contribution in [2.45, 2.75) is 11.4 Å². The summed E-state index contributed by atoms with van der Waals surface area (Å²) in [5.41, 5.74) is 10.0. The molecule has 6 nitrogen and oxygen atoms in total. The number of pyridine rings is 1. The summed E-state index contributed by atoms with van der Waals surface area (Å²) in [6, 6.07) is 17.9. The highest BCUT2D eigenvalue weighted by Gasteiger charge is 2.18. The number of aromatic nitrogens is 1. The predicted molar refractivity (Wildman–Crippen MR) is 125 cm³/mol. The van der Waals surface area contributed by atoms with Crippen LogP contribution in [0.5, 0.6) is 5.75 Å². The molecule has 0 saturated heterocycles. The van der Waals surface area contributed by atoms with Gasteiger partial charge in [-0.2, -0.15) is 0 Å². The van der Waals surface area contributed by atoms with Crippen LogP contribution >= 0.6 is 11.6 Å². The largest absolute Gasteiger partial charge is 0.506 e. The van der Waals surface area contributed by atoms with Crippen molar-refractivity contribution in [1.82, 2.24) is 4.98 Å². The van der Waals surface area contributed by atoms with Crippen LogP contribution in [-0.2, 0) is 16.4 Å². The Morgan fingerprint density at radius 1 is 1.03 bits per heavy atom. The van der Waals surface area contributed by atoms with Gasteiger partial charge in [0.1, 0.15) is 10.6 Å². The maximum Gasteiger partial charge on any atom is 0.179 e. The molecule has 31 heavy (non-hydrogen) atoms. The van der Waals surface area contributed by atoms with Gasteiger partial charge >= 0.3 is 0 Å². The van der Waals surface area contributed by atoms with E-state index in [-0.39, 0.29) is 15.7 Å². The van der Waals surface area contributed by atoms with Crippen molar-refractivity contribution < 1.29 is 13.5 Å². The number of hydrogen-bond donors (Lipinski definition) is 3. The van der Waals surface area contributed by atoms with Crippen molar-refractivity contribution >= 4 is 43.7 Å². The van der Waals surface area contributed by atoms with Crippen molar-refractivity contribution in [2.75, 3.05) is 11.6 Å². The third-order valence-electron chi connectivity index (χ3n) is 4.97. The number of hydrogen-bond acceptors (Lipinski definition) is 6. The Bertz CT molecular complexity index is 1390. The molecule has 158 valence electrons. The first-order chi connectivity index (χ1) is 14.8. The number of phenols is 1. The normalized spacial score (nSPS) is 11.6. The standard InChI is InChI=1S/C23H20ClN3O3S/c1-31(29,30)22-13-26-20-8-4-15(16-5-9-21(28)19(24)11-16)10-18(20)23(22)27-17-6-2-14(12-25)3-7-17/h2-11,13,28H,12,25H2,1H3,(H,26,27). The maximum absolute atomic E-state index is 12.5. The zero-order chi connectivity index (χ0) is 22.2. The number of sulfone groups is 1. The summed E-state index contributed by atoms with van der Waals surface area (Å²) in [5, 5.41) is 13.8. The number of benzene rings is 3. The number of nitrogens with one attached hydrogen (secondary N) is 1. The van der Waals surface area contributed by atoms with Crippen LogP contribution in [0.4, 0.5) is 11.4 Å². The Balaban J connectivity index is 1.91. The fraction of sp³-hybridized carbons (Fsp3) is 0.0870. The molecule has 0 bridgehead atoms. The van der Waals surface area contributed by atoms with Crippen molar-refractivity contribution in [2.24, 2.45) is 5.73 Å². The molecule has 0 aliphatic carbocycles. The highest BCUT2D eigenvalue weighted by molar-refractivity contribution is 7.90. The third-order valence-corrected chi connectivity index (χ3v) is 6.38. The summed E-state index contributed by atoms with van der Waals surface area (Å²) < 4.78 is 25.0. The number of halogens is 1. The van der Waals surface area contributed by atoms with E-state index in [1.54, 1.807) is 12.1 Å². The second kappa shape index (κ2) is 8.19. The molecule has 0 atom stereocenters. The van der Waals surface area contributed by atoms with Crippen LogP contribution in [0.15, 0.2) is 71.8 Å². The quantitative estimate of drug-likeness (QED) is 0.398. The molecular formula is C23H20ClN3O3S. The van der Waals surface area contributed by atoms with E-state index < -0.39 is 9.84 Å². The number of nitrogens with zero attached hydrogens (tertiary/aromatic N) is 1. The minimum absolute atomic E-state index is 0.00415. The molecule has 0 radical (unpaired) electrons. The molecule has 8 heteroatoms. The number of anilines is 2. The average molecular weight is 454 g/mol. The van der Waals surface area contributed by atoms with Crippen LogP contribution in [0.2, 0.25) is 5.02 Å². The molecule has 4 N–H and O–H groups in total. The van der Waals surface area contributed by atoms with Crippen LogP contribution in [0, 0.1) is 0 Å². The lowest BCUT2D eigenvalue weighted by Crippen LogP contribution is -2.05. The minimum atomic E-state index is -3.55. The SMILES string of the molecule is CS(=O)(=O)c1cnc2ccc(-c3ccc(O)c(Cl)c3)cc2c1Nc1ccc(CN)cc1. The minimum Gasteiger partial charge on any atom is -0.506 e. The second-order valence-corrected chi connectivity index (χ2v) is 9.59. The third kappa shape index (κ3) is 4.34. The van der Waals surface area contributed by atoms with E-state index in [2.05, 4.69) is 10.3 Å². The number of fused-ring (bicyclic) bond motifs is 1. The van der Waals surface area contributed by atoms with Gasteiger partial charge in [-0.05, 0) is 53.1 Å². The van der Waals surface area contributed by atoms with Crippen molar-refractivity contribution in [1.29, 1.82) is 0 Å². The highest BCUT2D eigenvalue weighted by atomic mass is 35.5. The summed E-state index contributed by atoms with van der Waals surface area (Å²) in [6.07, 6.45) is 2.52. The molecule has 0 unspecified atom stereocenters. The van der Waals surface area contributed by atoms with Crippen LogP contribution in [0.1, 0.15) is 5.56 Å². The van der Waals surface area contributed by atoms with Crippen LogP contribution < -0.4 is 11.1 Å². The molecule has 0 aliphatic heterocycles. The molecular weight excluding hydrogens is 434 g/mol. The number of rotatable bonds is 5. The lowest BCUT2D eigenvalue weighted by atomic mass is 10.0. The molecule has 3 aromatic carbocycles. The zero-order valence-corrected chi connectivity index (χ0v) is 18.2. The Hall–Kier alpha value is -3.13. The van der Waals surface area contributed by atoms with Gasteiger partial charge in [-0.15, -0.1) is 0 Å². The lowest BCUT2D eigenvalue weighted by Gasteiger charge is -2.15. The van der Waals surface area contributed by atoms with Gasteiger partial charge < -0.3 is 16.2 Å². The summed E-state index contributed by atoms with van der Waals surface area (Å²) in [5.74, 6) is -0.00415. The molecule has 0 spiro atoms. The molecule has 0 saturated carbocycles. The first kappa shape index (κ1) is 21.1. The molecule has 1 heterocycles. The van der Waals surface area contributed by atoms with Gasteiger partial charge in [-0.25, -0.2) is 8.42 Å². The summed E-state index contributed by atoms with van der Waals surface area (Å²) >= 11 is 6.07. The van der Waals surface area contributed by atoms with Gasteiger partial charge in [0.2, 0.25) is 0 Å². The van der Waals surface area contributed by atoms with Crippen LogP contribution in [0.25, 0.3) is 22.0 Å². The summed E-state index contributed by atoms with van der Waals surface area (Å²) in [6.45, 7) is 0.422. The van der Waals surface area contributed by atoms with E-state index in [9.17, 15) is 13.5 Å². The van der Waals surface area contributed by atoms with Gasteiger partial charge in [0.15, 0.2) is 9.84 Å². The fourth-order valence-electron chi connectivity index (χ4n) is 3.32. The Morgan fingerprint density at radius 3 is 2.35 bits per heavy atom. The number of nitrogens with two attached hydrogens (primary N) is 1. The molecule has 4 rings (SSSR count). The first-order valence-corrected chi connectivity index (χ1v) is 11.7. The Labute approximate surface area is 185 Å². The number of aromatic hydroxyl groups is 1. The van der Waals surface area contributed by atoms with Crippen molar-refractivity contribution in [3.05, 3.63) is 77.4 Å². The lowest BCUT2D eigenvalue weighted by molar-refractivity contribution is 0.475. The second-order valence-electron chi connectivity index (χ2n) is 7.19. The molecule has 0 aliphatic rings. The maximum atomic E-state index is 12.5. The van der Waals surface area contributed by atoms with E-state index >= 15 is 0 Å². The molecule has 0 amide bonds. The van der Waals surface area contributed by atoms with Crippen molar-refractivity contribution in [3.8, 4) is 16.9 Å². The van der Waals surface area contributed by atoms with E-state index in [4.69, 9.17) is 17.3 Å². The van der Waals surface area contributed by atoms with E-state index in [1.165, 1.54) is 12.3 Å². The fourth-order valence-corrected chi connectivity index (χ4v) is 4.28. The van der Waals surface area contributed by atoms with Gasteiger partial charge in [0, 0.05) is 30.1 Å². The average Bonchev–Trinajstić information content (AvgIpc) is 2.75. The van der Waals surface area contributed by atoms with Crippen LogP contribution in [-0.4, -0.2) is 24.8 Å². The van der Waals surface area contributed by atoms with Gasteiger partial charge in [-0.3, -0.25) is 4.98 Å². The first-order valence-electron chi connectivity index (χ1n) is 9.44. The van der Waals surface area contributed by atoms with Crippen LogP contribution in [0.3, 0.4) is 0 Å². The summed E-state index contributed by atoms with van der Waals surface area (Å²) in [4.78, 5) is 4.44. The van der Waals surface area contributed by atoms with E-state index in [0.29, 0.717) is 23.1 Å². The van der Waals surface area contributed by atoms with E-state index in [0.717, 1.165) is 28.6 Å². The molecule has 0 fully saturated rings. The monoisotopic (exact) mass is 453 g/mol. The van der Waals surface area contributed by atoms with E-state index in [1.807, 2.05) is 42.5 Å². The predicted octanol–water partition coefficient (Wildman–Crippen LogP) is 4.87. The van der Waals surface area contributed by atoms with Crippen molar-refractivity contribution in [3.63, 3.8) is 0 Å². The van der Waals surface area contributed by atoms with Gasteiger partial charge in [0.05, 0.1) is 16.2 Å². The number of phenolic OH excluding ortho intramolecular Hbond substituents is 1. The van der Waals surface area contributed by atoms with Gasteiger partial charge in [0.25, 0.3) is 0 Å².